The highest BCUT2D eigenvalue weighted by Gasteiger charge is 2.04. The van der Waals surface area contributed by atoms with Crippen LogP contribution in [0.3, 0.4) is 0 Å². The van der Waals surface area contributed by atoms with Crippen molar-refractivity contribution in [3.8, 4) is 11.6 Å². The normalized spacial score (nSPS) is 10.2. The van der Waals surface area contributed by atoms with Gasteiger partial charge in [-0.15, -0.1) is 0 Å². The Morgan fingerprint density at radius 2 is 1.89 bits per heavy atom. The van der Waals surface area contributed by atoms with E-state index in [2.05, 4.69) is 10.4 Å². The number of hydrogen-bond donors (Lipinski definition) is 1. The standard InChI is InChI=1S/C13H17N3O2/c1-16-13(18-3)8-12(15-16)14-9-10-4-6-11(17-2)7-5-10/h4-8H,9H2,1-3H3,(H,14,15). The first-order valence-electron chi connectivity index (χ1n) is 5.67. The average molecular weight is 247 g/mol. The summed E-state index contributed by atoms with van der Waals surface area (Å²) in [6.07, 6.45) is 0. The van der Waals surface area contributed by atoms with Crippen LogP contribution < -0.4 is 14.8 Å². The summed E-state index contributed by atoms with van der Waals surface area (Å²) in [6.45, 7) is 0.712. The van der Waals surface area contributed by atoms with Crippen molar-refractivity contribution in [3.63, 3.8) is 0 Å². The lowest BCUT2D eigenvalue weighted by molar-refractivity contribution is 0.373. The Labute approximate surface area is 106 Å². The van der Waals surface area contributed by atoms with E-state index in [1.54, 1.807) is 18.9 Å². The van der Waals surface area contributed by atoms with Crippen molar-refractivity contribution in [2.24, 2.45) is 7.05 Å². The van der Waals surface area contributed by atoms with E-state index in [4.69, 9.17) is 9.47 Å². The minimum absolute atomic E-state index is 0.712. The molecule has 0 fully saturated rings. The summed E-state index contributed by atoms with van der Waals surface area (Å²) in [5, 5.41) is 7.53. The summed E-state index contributed by atoms with van der Waals surface area (Å²) in [6, 6.07) is 9.79. The Balaban J connectivity index is 1.97. The molecule has 0 radical (unpaired) electrons. The van der Waals surface area contributed by atoms with Crippen LogP contribution in [0.1, 0.15) is 5.56 Å². The number of anilines is 1. The van der Waals surface area contributed by atoms with E-state index in [0.29, 0.717) is 6.54 Å². The van der Waals surface area contributed by atoms with Gasteiger partial charge in [-0.2, -0.15) is 5.10 Å². The van der Waals surface area contributed by atoms with Gasteiger partial charge in [0.15, 0.2) is 5.82 Å². The van der Waals surface area contributed by atoms with Crippen LogP contribution in [0, 0.1) is 0 Å². The summed E-state index contributed by atoms with van der Waals surface area (Å²) >= 11 is 0. The summed E-state index contributed by atoms with van der Waals surface area (Å²) in [4.78, 5) is 0. The predicted molar refractivity (Wildman–Crippen MR) is 70.1 cm³/mol. The van der Waals surface area contributed by atoms with Crippen molar-refractivity contribution in [1.29, 1.82) is 0 Å². The SMILES string of the molecule is COc1ccc(CNc2cc(OC)n(C)n2)cc1. The molecule has 1 aromatic carbocycles. The largest absolute Gasteiger partial charge is 0.497 e. The molecule has 1 N–H and O–H groups in total. The molecule has 0 aliphatic rings. The van der Waals surface area contributed by atoms with E-state index in [0.717, 1.165) is 17.4 Å². The van der Waals surface area contributed by atoms with Crippen molar-refractivity contribution >= 4 is 5.82 Å². The van der Waals surface area contributed by atoms with Gasteiger partial charge in [0, 0.05) is 19.7 Å². The second-order valence-electron chi connectivity index (χ2n) is 3.90. The second kappa shape index (κ2) is 5.44. The van der Waals surface area contributed by atoms with Gasteiger partial charge >= 0.3 is 0 Å². The summed E-state index contributed by atoms with van der Waals surface area (Å²) in [7, 11) is 5.13. The van der Waals surface area contributed by atoms with Crippen molar-refractivity contribution in [2.45, 2.75) is 6.54 Å². The molecule has 0 saturated carbocycles. The first-order valence-corrected chi connectivity index (χ1v) is 5.67. The van der Waals surface area contributed by atoms with Crippen LogP contribution in [-0.2, 0) is 13.6 Å². The molecule has 0 amide bonds. The monoisotopic (exact) mass is 247 g/mol. The van der Waals surface area contributed by atoms with Crippen LogP contribution in [0.15, 0.2) is 30.3 Å². The molecule has 1 heterocycles. The molecular formula is C13H17N3O2. The molecule has 0 saturated heterocycles. The molecule has 0 aliphatic carbocycles. The maximum absolute atomic E-state index is 5.15. The Bertz CT molecular complexity index is 505. The number of ether oxygens (including phenoxy) is 2. The highest BCUT2D eigenvalue weighted by Crippen LogP contribution is 2.17. The maximum Gasteiger partial charge on any atom is 0.213 e. The number of aryl methyl sites for hydroxylation is 1. The van der Waals surface area contributed by atoms with E-state index >= 15 is 0 Å². The fraction of sp³-hybridized carbons (Fsp3) is 0.308. The Morgan fingerprint density at radius 3 is 2.44 bits per heavy atom. The predicted octanol–water partition coefficient (Wildman–Crippen LogP) is 2.05. The molecule has 5 nitrogen and oxygen atoms in total. The zero-order valence-electron chi connectivity index (χ0n) is 10.8. The molecule has 18 heavy (non-hydrogen) atoms. The van der Waals surface area contributed by atoms with Crippen LogP contribution in [0.25, 0.3) is 0 Å². The third-order valence-electron chi connectivity index (χ3n) is 2.68. The van der Waals surface area contributed by atoms with Crippen molar-refractivity contribution in [1.82, 2.24) is 9.78 Å². The molecule has 0 atom stereocenters. The lowest BCUT2D eigenvalue weighted by atomic mass is 10.2. The zero-order valence-corrected chi connectivity index (χ0v) is 10.8. The van der Waals surface area contributed by atoms with E-state index < -0.39 is 0 Å². The fourth-order valence-electron chi connectivity index (χ4n) is 1.66. The van der Waals surface area contributed by atoms with Crippen molar-refractivity contribution in [2.75, 3.05) is 19.5 Å². The molecule has 2 aromatic rings. The lowest BCUT2D eigenvalue weighted by Crippen LogP contribution is -2.01. The Morgan fingerprint density at radius 1 is 1.17 bits per heavy atom. The Hall–Kier alpha value is -2.17. The van der Waals surface area contributed by atoms with Gasteiger partial charge in [-0.1, -0.05) is 12.1 Å². The summed E-state index contributed by atoms with van der Waals surface area (Å²) in [5.74, 6) is 2.38. The summed E-state index contributed by atoms with van der Waals surface area (Å²) in [5.41, 5.74) is 1.17. The Kier molecular flexibility index (Phi) is 3.72. The van der Waals surface area contributed by atoms with Crippen LogP contribution in [0.5, 0.6) is 11.6 Å². The van der Waals surface area contributed by atoms with Gasteiger partial charge in [0.1, 0.15) is 5.75 Å². The fourth-order valence-corrected chi connectivity index (χ4v) is 1.66. The van der Waals surface area contributed by atoms with Crippen LogP contribution in [0.2, 0.25) is 0 Å². The maximum atomic E-state index is 5.15. The number of benzene rings is 1. The third-order valence-corrected chi connectivity index (χ3v) is 2.68. The number of methoxy groups -OCH3 is 2. The molecular weight excluding hydrogens is 230 g/mol. The molecule has 0 spiro atoms. The van der Waals surface area contributed by atoms with Gasteiger partial charge in [-0.25, -0.2) is 4.68 Å². The number of nitrogens with zero attached hydrogens (tertiary/aromatic N) is 2. The van der Waals surface area contributed by atoms with E-state index in [9.17, 15) is 0 Å². The number of rotatable bonds is 5. The summed E-state index contributed by atoms with van der Waals surface area (Å²) < 4.78 is 12.0. The van der Waals surface area contributed by atoms with Gasteiger partial charge in [-0.05, 0) is 17.7 Å². The quantitative estimate of drug-likeness (QED) is 0.878. The topological polar surface area (TPSA) is 48.3 Å². The van der Waals surface area contributed by atoms with E-state index in [1.807, 2.05) is 37.4 Å². The van der Waals surface area contributed by atoms with Crippen LogP contribution >= 0.6 is 0 Å². The van der Waals surface area contributed by atoms with Gasteiger partial charge in [0.2, 0.25) is 5.88 Å². The van der Waals surface area contributed by atoms with Crippen LogP contribution in [0.4, 0.5) is 5.82 Å². The number of nitrogens with one attached hydrogen (secondary N) is 1. The minimum atomic E-state index is 0.712. The molecule has 2 rings (SSSR count). The van der Waals surface area contributed by atoms with Crippen LogP contribution in [-0.4, -0.2) is 24.0 Å². The molecule has 1 aromatic heterocycles. The molecule has 96 valence electrons. The third kappa shape index (κ3) is 2.74. The first-order chi connectivity index (χ1) is 8.72. The van der Waals surface area contributed by atoms with Gasteiger partial charge < -0.3 is 14.8 Å². The zero-order chi connectivity index (χ0) is 13.0. The van der Waals surface area contributed by atoms with Crippen molar-refractivity contribution in [3.05, 3.63) is 35.9 Å². The lowest BCUT2D eigenvalue weighted by Gasteiger charge is -2.04. The van der Waals surface area contributed by atoms with Gasteiger partial charge in [0.05, 0.1) is 14.2 Å². The molecule has 5 heteroatoms. The first kappa shape index (κ1) is 12.3. The highest BCUT2D eigenvalue weighted by atomic mass is 16.5. The average Bonchev–Trinajstić information content (AvgIpc) is 2.77. The van der Waals surface area contributed by atoms with Gasteiger partial charge in [0.25, 0.3) is 0 Å². The highest BCUT2D eigenvalue weighted by molar-refractivity contribution is 5.40. The molecule has 0 aliphatic heterocycles. The second-order valence-corrected chi connectivity index (χ2v) is 3.90. The molecule has 0 bridgehead atoms. The number of aromatic nitrogens is 2. The van der Waals surface area contributed by atoms with Crippen molar-refractivity contribution < 1.29 is 9.47 Å². The molecule has 0 unspecified atom stereocenters. The number of hydrogen-bond acceptors (Lipinski definition) is 4. The van der Waals surface area contributed by atoms with E-state index in [1.165, 1.54) is 5.56 Å². The van der Waals surface area contributed by atoms with Gasteiger partial charge in [-0.3, -0.25) is 0 Å². The smallest absolute Gasteiger partial charge is 0.213 e. The van der Waals surface area contributed by atoms with E-state index in [-0.39, 0.29) is 0 Å². The minimum Gasteiger partial charge on any atom is -0.497 e.